The van der Waals surface area contributed by atoms with E-state index >= 15 is 0 Å². The van der Waals surface area contributed by atoms with Crippen LogP contribution in [-0.4, -0.2) is 11.9 Å². The van der Waals surface area contributed by atoms with E-state index in [0.717, 1.165) is 10.7 Å². The summed E-state index contributed by atoms with van der Waals surface area (Å²) < 4.78 is 7.95. The molecule has 0 atom stereocenters. The zero-order valence-corrected chi connectivity index (χ0v) is 16.7. The number of carbonyl (C=O) groups excluding carboxylic acids is 2. The molecule has 21 heavy (non-hydrogen) atoms. The molecule has 0 aliphatic rings. The molecule has 108 valence electrons. The Labute approximate surface area is 161 Å². The van der Waals surface area contributed by atoms with Gasteiger partial charge in [0.15, 0.2) is 5.75 Å². The van der Waals surface area contributed by atoms with Gasteiger partial charge >= 0.3 is 5.97 Å². The fraction of sp³-hybridized carbons (Fsp3) is 0. The van der Waals surface area contributed by atoms with Crippen molar-refractivity contribution >= 4 is 79.7 Å². The Bertz CT molecular complexity index is 705. The van der Waals surface area contributed by atoms with Gasteiger partial charge in [0.05, 0.1) is 18.7 Å². The number of halogens is 3. The first kappa shape index (κ1) is 16.9. The van der Waals surface area contributed by atoms with Gasteiger partial charge in [-0.05, 0) is 86.0 Å². The van der Waals surface area contributed by atoms with Crippen LogP contribution in [0.2, 0.25) is 0 Å². The molecule has 0 aliphatic carbocycles. The Kier molecular flexibility index (Phi) is 5.82. The molecule has 0 aromatic heterocycles. The number of rotatable bonds is 3. The van der Waals surface area contributed by atoms with Gasteiger partial charge in [-0.15, -0.1) is 0 Å². The van der Waals surface area contributed by atoms with Gasteiger partial charge in [-0.3, -0.25) is 0 Å². The Balaban J connectivity index is 2.38. The Morgan fingerprint density at radius 2 is 1.48 bits per heavy atom. The molecule has 0 radical (unpaired) electrons. The van der Waals surface area contributed by atoms with E-state index in [1.54, 1.807) is 6.07 Å². The smallest absolute Gasteiger partial charge is 0.344 e. The van der Waals surface area contributed by atoms with Crippen molar-refractivity contribution in [3.8, 4) is 5.75 Å². The highest BCUT2D eigenvalue weighted by Crippen LogP contribution is 2.30. The predicted octanol–water partition coefficient (Wildman–Crippen LogP) is 3.08. The first-order valence-electron chi connectivity index (χ1n) is 5.57. The molecular formula is C14H6I3O4-. The van der Waals surface area contributed by atoms with Gasteiger partial charge in [-0.2, -0.15) is 0 Å². The normalized spacial score (nSPS) is 10.2. The first-order chi connectivity index (χ1) is 9.90. The molecule has 0 saturated carbocycles. The second kappa shape index (κ2) is 7.22. The summed E-state index contributed by atoms with van der Waals surface area (Å²) in [5.41, 5.74) is -0.208. The van der Waals surface area contributed by atoms with Crippen LogP contribution in [0.4, 0.5) is 0 Å². The summed E-state index contributed by atoms with van der Waals surface area (Å²) >= 11 is 6.31. The summed E-state index contributed by atoms with van der Waals surface area (Å²) in [6.07, 6.45) is 0. The van der Waals surface area contributed by atoms with E-state index in [1.165, 1.54) is 18.2 Å². The summed E-state index contributed by atoms with van der Waals surface area (Å²) in [7, 11) is 0. The van der Waals surface area contributed by atoms with Crippen molar-refractivity contribution < 1.29 is 19.4 Å². The largest absolute Gasteiger partial charge is 0.545 e. The zero-order valence-electron chi connectivity index (χ0n) is 10.2. The average molecular weight is 619 g/mol. The van der Waals surface area contributed by atoms with Crippen molar-refractivity contribution in [2.75, 3.05) is 0 Å². The third-order valence-electron chi connectivity index (χ3n) is 2.52. The Morgan fingerprint density at radius 1 is 0.952 bits per heavy atom. The number of carboxylic acids is 1. The minimum absolute atomic E-state index is 0.0253. The van der Waals surface area contributed by atoms with E-state index in [-0.39, 0.29) is 11.1 Å². The fourth-order valence-electron chi connectivity index (χ4n) is 1.61. The number of hydrogen-bond acceptors (Lipinski definition) is 4. The molecule has 0 fully saturated rings. The highest BCUT2D eigenvalue weighted by molar-refractivity contribution is 14.1. The van der Waals surface area contributed by atoms with E-state index in [2.05, 4.69) is 67.8 Å². The van der Waals surface area contributed by atoms with Crippen molar-refractivity contribution in [2.45, 2.75) is 0 Å². The third-order valence-corrected chi connectivity index (χ3v) is 4.75. The molecule has 0 bridgehead atoms. The lowest BCUT2D eigenvalue weighted by atomic mass is 10.1. The quantitative estimate of drug-likeness (QED) is 0.302. The minimum atomic E-state index is -1.41. The highest BCUT2D eigenvalue weighted by Gasteiger charge is 2.17. The summed E-state index contributed by atoms with van der Waals surface area (Å²) in [5.74, 6) is -1.70. The van der Waals surface area contributed by atoms with E-state index in [1.807, 2.05) is 12.1 Å². The summed E-state index contributed by atoms with van der Waals surface area (Å²) in [4.78, 5) is 23.2. The molecule has 2 rings (SSSR count). The van der Waals surface area contributed by atoms with Crippen molar-refractivity contribution in [3.63, 3.8) is 0 Å². The molecular weight excluding hydrogens is 613 g/mol. The first-order valence-corrected chi connectivity index (χ1v) is 8.81. The van der Waals surface area contributed by atoms with Crippen LogP contribution in [-0.2, 0) is 0 Å². The van der Waals surface area contributed by atoms with Gasteiger partial charge in [-0.25, -0.2) is 4.79 Å². The number of benzene rings is 2. The van der Waals surface area contributed by atoms with Crippen LogP contribution in [0.15, 0.2) is 36.4 Å². The number of ether oxygens (including phenoxy) is 1. The SMILES string of the molecule is O=C([O-])c1ccccc1C(=O)Oc1c(I)cc(I)cc1I. The maximum absolute atomic E-state index is 12.2. The number of carbonyl (C=O) groups is 2. The van der Waals surface area contributed by atoms with Crippen molar-refractivity contribution in [3.05, 3.63) is 58.2 Å². The summed E-state index contributed by atoms with van der Waals surface area (Å²) in [6.45, 7) is 0. The predicted molar refractivity (Wildman–Crippen MR) is 100 cm³/mol. The van der Waals surface area contributed by atoms with Crippen LogP contribution >= 0.6 is 67.8 Å². The van der Waals surface area contributed by atoms with Crippen molar-refractivity contribution in [1.29, 1.82) is 0 Å². The van der Waals surface area contributed by atoms with Gasteiger partial charge < -0.3 is 14.6 Å². The van der Waals surface area contributed by atoms with Gasteiger partial charge in [-0.1, -0.05) is 18.2 Å². The third kappa shape index (κ3) is 4.06. The molecule has 0 spiro atoms. The van der Waals surface area contributed by atoms with Crippen LogP contribution in [0.25, 0.3) is 0 Å². The van der Waals surface area contributed by atoms with Crippen LogP contribution in [0.1, 0.15) is 20.7 Å². The molecule has 4 nitrogen and oxygen atoms in total. The van der Waals surface area contributed by atoms with E-state index in [9.17, 15) is 14.7 Å². The highest BCUT2D eigenvalue weighted by atomic mass is 127. The monoisotopic (exact) mass is 619 g/mol. The van der Waals surface area contributed by atoms with Crippen LogP contribution in [0.5, 0.6) is 5.75 Å². The lowest BCUT2D eigenvalue weighted by Gasteiger charge is -2.12. The second-order valence-corrected chi connectivity index (χ2v) is 7.49. The van der Waals surface area contributed by atoms with Gasteiger partial charge in [0.1, 0.15) is 0 Å². The van der Waals surface area contributed by atoms with Gasteiger partial charge in [0.2, 0.25) is 0 Å². The molecule has 0 N–H and O–H groups in total. The molecule has 0 saturated heterocycles. The molecule has 2 aromatic carbocycles. The molecule has 0 amide bonds. The number of hydrogen-bond donors (Lipinski definition) is 0. The zero-order chi connectivity index (χ0) is 15.6. The lowest BCUT2D eigenvalue weighted by molar-refractivity contribution is -0.255. The summed E-state index contributed by atoms with van der Waals surface area (Å²) in [6, 6.07) is 9.57. The van der Waals surface area contributed by atoms with Crippen molar-refractivity contribution in [1.82, 2.24) is 0 Å². The van der Waals surface area contributed by atoms with Gasteiger partial charge in [0, 0.05) is 9.13 Å². The average Bonchev–Trinajstić information content (AvgIpc) is 2.42. The topological polar surface area (TPSA) is 66.4 Å². The fourth-order valence-corrected chi connectivity index (χ4v) is 5.42. The van der Waals surface area contributed by atoms with Crippen LogP contribution < -0.4 is 9.84 Å². The molecule has 7 heteroatoms. The number of esters is 1. The lowest BCUT2D eigenvalue weighted by Crippen LogP contribution is -2.26. The van der Waals surface area contributed by atoms with Crippen molar-refractivity contribution in [2.24, 2.45) is 0 Å². The maximum Gasteiger partial charge on any atom is 0.344 e. The standard InChI is InChI=1S/C14H7I3O4/c15-7-5-10(16)12(11(17)6-7)21-14(20)9-4-2-1-3-8(9)13(18)19/h1-6H,(H,18,19)/p-1. The van der Waals surface area contributed by atoms with E-state index < -0.39 is 11.9 Å². The minimum Gasteiger partial charge on any atom is -0.545 e. The molecule has 0 aliphatic heterocycles. The second-order valence-electron chi connectivity index (χ2n) is 3.92. The Hall–Kier alpha value is -0.430. The number of aromatic carboxylic acids is 1. The number of carboxylic acid groups (broad SMARTS) is 1. The van der Waals surface area contributed by atoms with E-state index in [0.29, 0.717) is 5.75 Å². The maximum atomic E-state index is 12.2. The Morgan fingerprint density at radius 3 is 2.00 bits per heavy atom. The van der Waals surface area contributed by atoms with E-state index in [4.69, 9.17) is 4.74 Å². The molecule has 0 heterocycles. The molecule has 2 aromatic rings. The van der Waals surface area contributed by atoms with Crippen LogP contribution in [0, 0.1) is 10.7 Å². The van der Waals surface area contributed by atoms with Crippen LogP contribution in [0.3, 0.4) is 0 Å². The summed E-state index contributed by atoms with van der Waals surface area (Å²) in [5, 5.41) is 11.0. The molecule has 0 unspecified atom stereocenters. The van der Waals surface area contributed by atoms with Gasteiger partial charge in [0.25, 0.3) is 0 Å².